The molecular weight excluding hydrogens is 985 g/mol. The van der Waals surface area contributed by atoms with Crippen LogP contribution in [-0.4, -0.2) is 106 Å². The number of ether oxygens (including phenoxy) is 4. The Kier molecular flexibility index (Phi) is 11.7. The minimum atomic E-state index is -1.49. The summed E-state index contributed by atoms with van der Waals surface area (Å²) in [5, 5.41) is 40.0. The topological polar surface area (TPSA) is 181 Å². The van der Waals surface area contributed by atoms with Crippen molar-refractivity contribution in [2.45, 2.75) is 203 Å². The van der Waals surface area contributed by atoms with Gasteiger partial charge in [0.15, 0.2) is 11.9 Å². The number of esters is 2. The number of rotatable bonds is 9. The first-order chi connectivity index (χ1) is 37.6. The molecule has 7 saturated carbocycles. The van der Waals surface area contributed by atoms with E-state index in [9.17, 15) is 15.3 Å². The van der Waals surface area contributed by atoms with Crippen LogP contribution in [0.4, 0.5) is 0 Å². The minimum absolute atomic E-state index is 0.0155. The number of epoxide rings is 1. The zero-order valence-electron chi connectivity index (χ0n) is 46.5. The van der Waals surface area contributed by atoms with E-state index in [1.165, 1.54) is 37.7 Å². The average molecular weight is 1070 g/mol. The van der Waals surface area contributed by atoms with Crippen LogP contribution < -0.4 is 5.32 Å². The monoisotopic (exact) mass is 1070 g/mol. The number of hydrogen-bond acceptors (Lipinski definition) is 13. The summed E-state index contributed by atoms with van der Waals surface area (Å²) >= 11 is 0. The zero-order chi connectivity index (χ0) is 53.4. The third kappa shape index (κ3) is 6.78. The van der Waals surface area contributed by atoms with Gasteiger partial charge in [-0.2, -0.15) is 0 Å². The smallest absolute Gasteiger partial charge is 0.339 e. The zero-order valence-corrected chi connectivity index (χ0v) is 46.5. The number of allylic oxidation sites excluding steroid dienone is 1. The second-order valence-electron chi connectivity index (χ2n) is 29.5. The van der Waals surface area contributed by atoms with Crippen molar-refractivity contribution in [2.75, 3.05) is 26.4 Å². The molecule has 5 saturated heterocycles. The van der Waals surface area contributed by atoms with Crippen molar-refractivity contribution in [2.24, 2.45) is 79.8 Å². The molecule has 1 aromatic carbocycles. The van der Waals surface area contributed by atoms with Crippen molar-refractivity contribution in [1.82, 2.24) is 10.2 Å². The second-order valence-corrected chi connectivity index (χ2v) is 29.5. The number of ketones is 1. The molecule has 15 rings (SSSR count). The van der Waals surface area contributed by atoms with Crippen molar-refractivity contribution in [3.8, 4) is 0 Å². The maximum absolute atomic E-state index is 16.4. The molecule has 5 spiro atoms. The van der Waals surface area contributed by atoms with E-state index in [1.54, 1.807) is 6.26 Å². The number of carbonyl (C=O) groups is 3. The van der Waals surface area contributed by atoms with Crippen molar-refractivity contribution < 1.29 is 53.1 Å². The first kappa shape index (κ1) is 51.3. The van der Waals surface area contributed by atoms with Crippen LogP contribution in [0.2, 0.25) is 0 Å². The van der Waals surface area contributed by atoms with Crippen LogP contribution in [0.15, 0.2) is 59.4 Å². The van der Waals surface area contributed by atoms with Crippen LogP contribution in [0.5, 0.6) is 0 Å². The van der Waals surface area contributed by atoms with Crippen LogP contribution in [0.25, 0.3) is 0 Å². The molecule has 0 bridgehead atoms. The summed E-state index contributed by atoms with van der Waals surface area (Å²) < 4.78 is 35.1. The van der Waals surface area contributed by atoms with Crippen molar-refractivity contribution in [3.63, 3.8) is 0 Å². The lowest BCUT2D eigenvalue weighted by molar-refractivity contribution is -0.286. The predicted octanol–water partition coefficient (Wildman–Crippen LogP) is 8.95. The highest BCUT2D eigenvalue weighted by Crippen LogP contribution is 2.84. The molecule has 6 aliphatic heterocycles. The van der Waals surface area contributed by atoms with Crippen molar-refractivity contribution in [3.05, 3.63) is 71.8 Å². The number of cyclic esters (lactones) is 2. The Morgan fingerprint density at radius 3 is 2.47 bits per heavy atom. The van der Waals surface area contributed by atoms with Gasteiger partial charge in [-0.25, -0.2) is 4.79 Å². The Labute approximate surface area is 460 Å². The van der Waals surface area contributed by atoms with E-state index < -0.39 is 81.2 Å². The average Bonchev–Trinajstić information content (AvgIpc) is 3.18. The van der Waals surface area contributed by atoms with Crippen LogP contribution >= 0.6 is 0 Å². The molecular formula is C65H86N2O11. The number of fused-ring (bicyclic) bond motifs is 5. The second kappa shape index (κ2) is 17.7. The number of nitrogens with one attached hydrogen (secondary N) is 1. The lowest BCUT2D eigenvalue weighted by atomic mass is 9.32. The molecule has 0 amide bonds. The molecule has 13 heteroatoms. The van der Waals surface area contributed by atoms with Gasteiger partial charge < -0.3 is 43.6 Å². The summed E-state index contributed by atoms with van der Waals surface area (Å²) in [6, 6.07) is 13.0. The summed E-state index contributed by atoms with van der Waals surface area (Å²) in [5.74, 6) is -0.686. The summed E-state index contributed by atoms with van der Waals surface area (Å²) in [6.07, 6.45) is 20.8. The Hall–Kier alpha value is -3.59. The number of aliphatic hydroxyl groups is 3. The summed E-state index contributed by atoms with van der Waals surface area (Å²) in [7, 11) is 0. The Morgan fingerprint density at radius 2 is 1.65 bits per heavy atom. The molecule has 422 valence electrons. The first-order valence-corrected chi connectivity index (χ1v) is 31.1. The highest BCUT2D eigenvalue weighted by atomic mass is 16.7. The van der Waals surface area contributed by atoms with Gasteiger partial charge >= 0.3 is 11.9 Å². The molecule has 7 heterocycles. The largest absolute Gasteiger partial charge is 0.469 e. The fourth-order valence-corrected chi connectivity index (χ4v) is 23.1. The van der Waals surface area contributed by atoms with Gasteiger partial charge in [0.25, 0.3) is 0 Å². The predicted molar refractivity (Wildman–Crippen MR) is 287 cm³/mol. The number of furan rings is 1. The van der Waals surface area contributed by atoms with Crippen molar-refractivity contribution >= 4 is 17.7 Å². The molecule has 13 nitrogen and oxygen atoms in total. The van der Waals surface area contributed by atoms with E-state index in [-0.39, 0.29) is 54.1 Å². The van der Waals surface area contributed by atoms with E-state index in [0.717, 1.165) is 89.4 Å². The first-order valence-electron chi connectivity index (χ1n) is 31.1. The Balaban J connectivity index is 0.838. The van der Waals surface area contributed by atoms with Crippen LogP contribution in [0.1, 0.15) is 166 Å². The molecule has 2 aromatic rings. The van der Waals surface area contributed by atoms with E-state index in [2.05, 4.69) is 59.7 Å². The Morgan fingerprint density at radius 1 is 0.846 bits per heavy atom. The normalized spacial score (nSPS) is 47.9. The molecule has 12 fully saturated rings. The van der Waals surface area contributed by atoms with Gasteiger partial charge in [-0.3, -0.25) is 14.9 Å². The van der Waals surface area contributed by atoms with Gasteiger partial charge in [0, 0.05) is 40.8 Å². The molecule has 78 heavy (non-hydrogen) atoms. The summed E-state index contributed by atoms with van der Waals surface area (Å²) in [6.45, 7) is 7.74. The molecule has 7 aliphatic carbocycles. The standard InChI is InChI=1S/C65H86N2O11/c1-58(2)51-50(70)52(71)64(42-13-9-12-39(29-42)28-38-10-5-4-6-11-38)49(63(51)36-75-57(73)62(56(63)78-58)25-24-61(35-62)23-22-60(34-61)19-7-8-20-60)16-21-59(3)53(76-55(72)54-65(59,64)77-54)44-18-27-74-48(44)31-45(47(69)33-68)40-14-15-43-41(30-40)17-26-67-37-66-32-46(43)67/h4-6,10-11,17-18,26-27,39-43,45-47,49,51-54,56,66,68-69,71H,7-9,12-16,19-25,28-37H2,1-3H3. The van der Waals surface area contributed by atoms with Gasteiger partial charge in [-0.1, -0.05) is 69.0 Å². The SMILES string of the molecule is CC1(C)OC2C3(CCC4(CCC5(CCCC5)C4)C3)C(=O)OCC23C1C(=O)C(O)C1(C2CCCC(Cc4ccccc4)C2)C3CCC2(C)C(c3ccoc3CC(C(O)CO)C3CCC4C(C=CN5CNCC45)C3)OC(=O)C3OC321. The van der Waals surface area contributed by atoms with Gasteiger partial charge in [-0.05, 0) is 187 Å². The number of benzene rings is 1. The van der Waals surface area contributed by atoms with Crippen LogP contribution in [0, 0.1) is 79.8 Å². The molecule has 1 aromatic heterocycles. The maximum atomic E-state index is 16.4. The summed E-state index contributed by atoms with van der Waals surface area (Å²) in [4.78, 5) is 49.3. The van der Waals surface area contributed by atoms with Gasteiger partial charge in [-0.15, -0.1) is 0 Å². The van der Waals surface area contributed by atoms with E-state index in [0.29, 0.717) is 61.2 Å². The molecule has 20 atom stereocenters. The minimum Gasteiger partial charge on any atom is -0.469 e. The molecule has 0 radical (unpaired) electrons. The number of Topliss-reactive ketones (excluding diaryl/α,β-unsaturated/α-hetero) is 1. The maximum Gasteiger partial charge on any atom is 0.339 e. The van der Waals surface area contributed by atoms with E-state index in [4.69, 9.17) is 23.4 Å². The van der Waals surface area contributed by atoms with E-state index >= 15 is 14.4 Å². The van der Waals surface area contributed by atoms with Gasteiger partial charge in [0.05, 0.1) is 48.7 Å². The third-order valence-corrected chi connectivity index (χ3v) is 25.9. The van der Waals surface area contributed by atoms with Crippen molar-refractivity contribution in [1.29, 1.82) is 0 Å². The van der Waals surface area contributed by atoms with Gasteiger partial charge in [0.2, 0.25) is 0 Å². The Bertz CT molecular complexity index is 2750. The van der Waals surface area contributed by atoms with Crippen LogP contribution in [0.3, 0.4) is 0 Å². The lowest BCUT2D eigenvalue weighted by Crippen LogP contribution is -2.80. The number of carbonyl (C=O) groups excluding carboxylic acids is 3. The third-order valence-electron chi connectivity index (χ3n) is 25.9. The van der Waals surface area contributed by atoms with Gasteiger partial charge in [0.1, 0.15) is 30.2 Å². The molecule has 4 N–H and O–H groups in total. The number of nitrogens with zero attached hydrogens (tertiary/aromatic N) is 1. The number of hydrogen-bond donors (Lipinski definition) is 4. The quantitative estimate of drug-likeness (QED) is 0.138. The molecule has 20 unspecified atom stereocenters. The summed E-state index contributed by atoms with van der Waals surface area (Å²) in [5.41, 5.74) is -4.12. The fraction of sp³-hybridized carbons (Fsp3) is 0.769. The highest BCUT2D eigenvalue weighted by Gasteiger charge is 2.94. The lowest BCUT2D eigenvalue weighted by Gasteiger charge is -2.70. The van der Waals surface area contributed by atoms with E-state index in [1.807, 2.05) is 19.9 Å². The fourth-order valence-electron chi connectivity index (χ4n) is 23.1. The van der Waals surface area contributed by atoms with Crippen LogP contribution in [-0.2, 0) is 46.2 Å². The molecule has 13 aliphatic rings. The highest BCUT2D eigenvalue weighted by molar-refractivity contribution is 5.93. The number of aliphatic hydroxyl groups excluding tert-OH is 3.